The largest absolute Gasteiger partial charge is 0.488 e. The molecule has 5 rings (SSSR count). The Balaban J connectivity index is 1.49. The van der Waals surface area contributed by atoms with Crippen LogP contribution in [0.5, 0.6) is 5.75 Å². The number of hydrogen-bond donors (Lipinski definition) is 0. The van der Waals surface area contributed by atoms with E-state index in [0.29, 0.717) is 40.5 Å². The van der Waals surface area contributed by atoms with E-state index in [-0.39, 0.29) is 11.6 Å². The fourth-order valence-electron chi connectivity index (χ4n) is 3.28. The number of ketones is 1. The van der Waals surface area contributed by atoms with Crippen molar-refractivity contribution in [3.8, 4) is 5.75 Å². The van der Waals surface area contributed by atoms with Crippen LogP contribution in [0.2, 0.25) is 0 Å². The van der Waals surface area contributed by atoms with Crippen LogP contribution in [-0.2, 0) is 6.61 Å². The first kappa shape index (κ1) is 16.4. The average molecular weight is 371 g/mol. The molecule has 136 valence electrons. The molecule has 2 heterocycles. The van der Waals surface area contributed by atoms with Gasteiger partial charge in [0.15, 0.2) is 11.4 Å². The van der Waals surface area contributed by atoms with E-state index in [1.807, 2.05) is 30.3 Å². The average Bonchev–Trinajstić information content (AvgIpc) is 3.06. The van der Waals surface area contributed by atoms with Gasteiger partial charge in [-0.25, -0.2) is 9.37 Å². The van der Waals surface area contributed by atoms with E-state index in [2.05, 4.69) is 4.98 Å². The maximum absolute atomic E-state index is 13.3. The first-order valence-electron chi connectivity index (χ1n) is 8.81. The Kier molecular flexibility index (Phi) is 3.79. The van der Waals surface area contributed by atoms with Crippen molar-refractivity contribution in [2.75, 3.05) is 0 Å². The molecule has 0 aliphatic carbocycles. The lowest BCUT2D eigenvalue weighted by Crippen LogP contribution is -2.02. The van der Waals surface area contributed by atoms with Crippen LogP contribution in [0, 0.1) is 5.82 Å². The lowest BCUT2D eigenvalue weighted by molar-refractivity contribution is 0.103. The summed E-state index contributed by atoms with van der Waals surface area (Å²) in [4.78, 5) is 17.2. The number of hydrogen-bond acceptors (Lipinski definition) is 4. The molecule has 0 N–H and O–H groups in total. The molecule has 1 aliphatic heterocycles. The predicted octanol–water partition coefficient (Wildman–Crippen LogP) is 5.26. The highest BCUT2D eigenvalue weighted by Crippen LogP contribution is 2.30. The van der Waals surface area contributed by atoms with Crippen molar-refractivity contribution < 1.29 is 18.3 Å². The zero-order valence-corrected chi connectivity index (χ0v) is 14.7. The zero-order chi connectivity index (χ0) is 19.1. The summed E-state index contributed by atoms with van der Waals surface area (Å²) in [6.45, 7) is 0.365. The molecule has 0 saturated carbocycles. The molecule has 28 heavy (non-hydrogen) atoms. The molecule has 0 radical (unpaired) electrons. The number of oxazole rings is 1. The minimum atomic E-state index is -0.360. The second-order valence-electron chi connectivity index (χ2n) is 6.53. The quantitative estimate of drug-likeness (QED) is 0.482. The number of aromatic nitrogens is 1. The summed E-state index contributed by atoms with van der Waals surface area (Å²) in [5.41, 5.74) is 3.84. The van der Waals surface area contributed by atoms with E-state index in [1.165, 1.54) is 12.1 Å². The molecule has 0 atom stereocenters. The van der Waals surface area contributed by atoms with Crippen LogP contribution < -0.4 is 4.74 Å². The van der Waals surface area contributed by atoms with Crippen LogP contribution in [0.15, 0.2) is 65.1 Å². The number of halogens is 1. The summed E-state index contributed by atoms with van der Waals surface area (Å²) in [7, 11) is 0. The van der Waals surface area contributed by atoms with Gasteiger partial charge in [-0.05, 0) is 35.9 Å². The van der Waals surface area contributed by atoms with Crippen molar-refractivity contribution in [1.29, 1.82) is 0 Å². The number of carbonyl (C=O) groups is 1. The van der Waals surface area contributed by atoms with Gasteiger partial charge in [-0.3, -0.25) is 4.79 Å². The Bertz CT molecular complexity index is 1260. The van der Waals surface area contributed by atoms with Crippen molar-refractivity contribution in [2.45, 2.75) is 6.61 Å². The molecule has 1 aromatic heterocycles. The Morgan fingerprint density at radius 3 is 2.79 bits per heavy atom. The van der Waals surface area contributed by atoms with Crippen LogP contribution in [0.4, 0.5) is 4.39 Å². The summed E-state index contributed by atoms with van der Waals surface area (Å²) in [6.07, 6.45) is 3.49. The van der Waals surface area contributed by atoms with Gasteiger partial charge in [-0.1, -0.05) is 30.3 Å². The molecule has 0 spiro atoms. The molecule has 0 saturated heterocycles. The van der Waals surface area contributed by atoms with Gasteiger partial charge in [-0.15, -0.1) is 0 Å². The van der Waals surface area contributed by atoms with E-state index in [1.54, 1.807) is 30.4 Å². The van der Waals surface area contributed by atoms with Gasteiger partial charge in [-0.2, -0.15) is 0 Å². The summed E-state index contributed by atoms with van der Waals surface area (Å²) < 4.78 is 24.7. The highest BCUT2D eigenvalue weighted by atomic mass is 19.1. The molecule has 4 nitrogen and oxygen atoms in total. The predicted molar refractivity (Wildman–Crippen MR) is 104 cm³/mol. The fourth-order valence-corrected chi connectivity index (χ4v) is 3.28. The van der Waals surface area contributed by atoms with Gasteiger partial charge in [0.2, 0.25) is 5.89 Å². The molecule has 0 unspecified atom stereocenters. The van der Waals surface area contributed by atoms with Gasteiger partial charge < -0.3 is 9.15 Å². The number of fused-ring (bicyclic) bond motifs is 3. The van der Waals surface area contributed by atoms with Crippen molar-refractivity contribution in [3.05, 3.63) is 94.6 Å². The summed E-state index contributed by atoms with van der Waals surface area (Å²) in [5.74, 6) is 0.510. The molecule has 5 heteroatoms. The topological polar surface area (TPSA) is 52.3 Å². The molecular formula is C23H14FNO3. The number of nitrogens with zero attached hydrogens (tertiary/aromatic N) is 1. The van der Waals surface area contributed by atoms with E-state index < -0.39 is 0 Å². The monoisotopic (exact) mass is 371 g/mol. The molecule has 4 aromatic rings. The molecule has 0 amide bonds. The van der Waals surface area contributed by atoms with Gasteiger partial charge in [0.25, 0.3) is 0 Å². The van der Waals surface area contributed by atoms with Crippen molar-refractivity contribution in [2.24, 2.45) is 0 Å². The minimum Gasteiger partial charge on any atom is -0.488 e. The van der Waals surface area contributed by atoms with Gasteiger partial charge in [0.1, 0.15) is 23.7 Å². The Morgan fingerprint density at radius 1 is 0.964 bits per heavy atom. The highest BCUT2D eigenvalue weighted by Gasteiger charge is 2.21. The van der Waals surface area contributed by atoms with Gasteiger partial charge in [0.05, 0.1) is 5.56 Å². The summed E-state index contributed by atoms with van der Waals surface area (Å²) in [6, 6.07) is 17.1. The number of benzene rings is 3. The highest BCUT2D eigenvalue weighted by molar-refractivity contribution is 6.12. The van der Waals surface area contributed by atoms with Crippen LogP contribution in [0.3, 0.4) is 0 Å². The second kappa shape index (κ2) is 6.46. The molecule has 1 aliphatic rings. The van der Waals surface area contributed by atoms with E-state index in [9.17, 15) is 9.18 Å². The Labute approximate surface area is 159 Å². The first-order chi connectivity index (χ1) is 13.7. The smallest absolute Gasteiger partial charge is 0.220 e. The third-order valence-electron chi connectivity index (χ3n) is 4.68. The third-order valence-corrected chi connectivity index (χ3v) is 4.68. The van der Waals surface area contributed by atoms with Crippen LogP contribution in [-0.4, -0.2) is 10.8 Å². The van der Waals surface area contributed by atoms with Gasteiger partial charge in [0, 0.05) is 23.3 Å². The van der Waals surface area contributed by atoms with Crippen LogP contribution >= 0.6 is 0 Å². The summed E-state index contributed by atoms with van der Waals surface area (Å²) >= 11 is 0. The van der Waals surface area contributed by atoms with E-state index in [0.717, 1.165) is 11.1 Å². The number of ether oxygens (including phenoxy) is 1. The Morgan fingerprint density at radius 2 is 1.86 bits per heavy atom. The normalized spacial score (nSPS) is 13.2. The maximum Gasteiger partial charge on any atom is 0.220 e. The molecule has 0 fully saturated rings. The van der Waals surface area contributed by atoms with Crippen LogP contribution in [0.1, 0.15) is 32.9 Å². The third kappa shape index (κ3) is 2.87. The molecule has 3 aromatic carbocycles. The van der Waals surface area contributed by atoms with E-state index in [4.69, 9.17) is 9.15 Å². The van der Waals surface area contributed by atoms with Crippen molar-refractivity contribution >= 4 is 29.0 Å². The minimum absolute atomic E-state index is 0.0595. The number of carbonyl (C=O) groups excluding carboxylic acids is 1. The van der Waals surface area contributed by atoms with Crippen molar-refractivity contribution in [3.63, 3.8) is 0 Å². The maximum atomic E-state index is 13.3. The number of rotatable bonds is 2. The molecular weight excluding hydrogens is 357 g/mol. The standard InChI is InChI=1S/C23H14FNO3/c24-16-7-9-21-19(12-16)25-22(28-21)10-6-14-5-8-20-18(11-14)23(26)17-4-2-1-3-15(17)13-27-20/h1-12H,13H2/b10-6+. The Hall–Kier alpha value is -3.73. The van der Waals surface area contributed by atoms with Crippen molar-refractivity contribution in [1.82, 2.24) is 4.98 Å². The second-order valence-corrected chi connectivity index (χ2v) is 6.53. The lowest BCUT2D eigenvalue weighted by Gasteiger charge is -2.06. The summed E-state index contributed by atoms with van der Waals surface area (Å²) in [5, 5.41) is 0. The lowest BCUT2D eigenvalue weighted by atomic mass is 9.98. The molecule has 0 bridgehead atoms. The first-order valence-corrected chi connectivity index (χ1v) is 8.81. The van der Waals surface area contributed by atoms with Gasteiger partial charge >= 0.3 is 0 Å². The zero-order valence-electron chi connectivity index (χ0n) is 14.7. The van der Waals surface area contributed by atoms with Crippen LogP contribution in [0.25, 0.3) is 23.3 Å². The van der Waals surface area contributed by atoms with E-state index >= 15 is 0 Å². The SMILES string of the molecule is O=C1c2ccccc2COc2ccc(/C=C/c3nc4cc(F)ccc4o3)cc21. The fraction of sp³-hybridized carbons (Fsp3) is 0.0435.